The van der Waals surface area contributed by atoms with Gasteiger partial charge in [0.2, 0.25) is 0 Å². The van der Waals surface area contributed by atoms with Crippen LogP contribution in [0.2, 0.25) is 0 Å². The van der Waals surface area contributed by atoms with Crippen LogP contribution in [0.3, 0.4) is 0 Å². The molecule has 0 amide bonds. The molecule has 1 N–H and O–H groups in total. The third kappa shape index (κ3) is 1.48. The van der Waals surface area contributed by atoms with E-state index in [2.05, 4.69) is 25.2 Å². The lowest BCUT2D eigenvalue weighted by molar-refractivity contribution is 0.156. The Morgan fingerprint density at radius 2 is 2.25 bits per heavy atom. The molecule has 6 atom stereocenters. The summed E-state index contributed by atoms with van der Waals surface area (Å²) in [5, 5.41) is 9.58. The molecule has 0 radical (unpaired) electrons. The number of hydrogen-bond acceptors (Lipinski definition) is 1. The van der Waals surface area contributed by atoms with Crippen molar-refractivity contribution < 1.29 is 5.11 Å². The molecule has 0 saturated heterocycles. The lowest BCUT2D eigenvalue weighted by Gasteiger charge is -2.27. The summed E-state index contributed by atoms with van der Waals surface area (Å²) in [5.41, 5.74) is 1.64. The summed E-state index contributed by atoms with van der Waals surface area (Å²) in [5.74, 6) is 3.88. The molecule has 0 aromatic carbocycles. The first-order valence-electron chi connectivity index (χ1n) is 6.72. The first-order chi connectivity index (χ1) is 7.66. The van der Waals surface area contributed by atoms with Crippen LogP contribution in [0.4, 0.5) is 0 Å². The molecule has 2 bridgehead atoms. The van der Waals surface area contributed by atoms with Gasteiger partial charge in [0.15, 0.2) is 0 Å². The Morgan fingerprint density at radius 3 is 3.00 bits per heavy atom. The van der Waals surface area contributed by atoms with Crippen molar-refractivity contribution in [2.75, 3.05) is 0 Å². The van der Waals surface area contributed by atoms with Gasteiger partial charge in [-0.1, -0.05) is 30.7 Å². The Morgan fingerprint density at radius 1 is 1.44 bits per heavy atom. The molecule has 0 aromatic rings. The van der Waals surface area contributed by atoms with E-state index in [4.69, 9.17) is 0 Å². The third-order valence-electron chi connectivity index (χ3n) is 5.10. The van der Waals surface area contributed by atoms with Crippen molar-refractivity contribution >= 4 is 0 Å². The van der Waals surface area contributed by atoms with Crippen molar-refractivity contribution in [1.29, 1.82) is 0 Å². The van der Waals surface area contributed by atoms with E-state index in [1.54, 1.807) is 5.57 Å². The van der Waals surface area contributed by atoms with Crippen LogP contribution in [-0.4, -0.2) is 11.2 Å². The summed E-state index contributed by atoms with van der Waals surface area (Å²) in [4.78, 5) is 0. The number of aliphatic hydroxyl groups is 1. The van der Waals surface area contributed by atoms with E-state index in [-0.39, 0.29) is 6.10 Å². The monoisotopic (exact) mass is 218 g/mol. The summed E-state index contributed by atoms with van der Waals surface area (Å²) >= 11 is 0. The molecule has 0 spiro atoms. The first-order valence-corrected chi connectivity index (χ1v) is 6.72. The van der Waals surface area contributed by atoms with E-state index in [0.717, 1.165) is 23.7 Å². The van der Waals surface area contributed by atoms with Crippen LogP contribution in [0.25, 0.3) is 0 Å². The predicted molar refractivity (Wildman–Crippen MR) is 65.9 cm³/mol. The van der Waals surface area contributed by atoms with Crippen molar-refractivity contribution in [3.05, 3.63) is 23.8 Å². The van der Waals surface area contributed by atoms with E-state index in [0.29, 0.717) is 5.92 Å². The molecule has 1 heteroatoms. The fourth-order valence-corrected chi connectivity index (χ4v) is 4.05. The highest BCUT2D eigenvalue weighted by molar-refractivity contribution is 5.27. The minimum Gasteiger partial charge on any atom is -0.393 e. The number of rotatable bonds is 2. The number of hydrogen-bond donors (Lipinski definition) is 1. The molecule has 0 aliphatic heterocycles. The number of aliphatic hydroxyl groups excluding tert-OH is 1. The van der Waals surface area contributed by atoms with Gasteiger partial charge in [-0.2, -0.15) is 0 Å². The fourth-order valence-electron chi connectivity index (χ4n) is 4.05. The van der Waals surface area contributed by atoms with Crippen molar-refractivity contribution in [3.8, 4) is 0 Å². The van der Waals surface area contributed by atoms with Crippen molar-refractivity contribution in [2.24, 2.45) is 29.6 Å². The maximum atomic E-state index is 9.58. The zero-order chi connectivity index (χ0) is 11.3. The van der Waals surface area contributed by atoms with Gasteiger partial charge in [0, 0.05) is 0 Å². The fraction of sp³-hybridized carbons (Fsp3) is 0.733. The van der Waals surface area contributed by atoms with Crippen molar-refractivity contribution in [2.45, 2.75) is 39.2 Å². The molecule has 3 aliphatic rings. The minimum absolute atomic E-state index is 0.207. The van der Waals surface area contributed by atoms with Gasteiger partial charge in [-0.3, -0.25) is 0 Å². The van der Waals surface area contributed by atoms with E-state index in [1.807, 2.05) is 6.92 Å². The molecule has 2 saturated carbocycles. The first kappa shape index (κ1) is 10.6. The molecule has 0 aromatic heterocycles. The quantitative estimate of drug-likeness (QED) is 0.706. The second kappa shape index (κ2) is 3.73. The van der Waals surface area contributed by atoms with Gasteiger partial charge in [0.05, 0.1) is 6.10 Å². The van der Waals surface area contributed by atoms with E-state index >= 15 is 0 Å². The van der Waals surface area contributed by atoms with Crippen LogP contribution < -0.4 is 0 Å². The molecular weight excluding hydrogens is 196 g/mol. The van der Waals surface area contributed by atoms with Gasteiger partial charge in [0.1, 0.15) is 0 Å². The Bertz CT molecular complexity index is 339. The van der Waals surface area contributed by atoms with Gasteiger partial charge in [0.25, 0.3) is 0 Å². The summed E-state index contributed by atoms with van der Waals surface area (Å²) in [6.45, 7) is 4.03. The van der Waals surface area contributed by atoms with Gasteiger partial charge < -0.3 is 5.11 Å². The summed E-state index contributed by atoms with van der Waals surface area (Å²) < 4.78 is 0. The highest BCUT2D eigenvalue weighted by Gasteiger charge is 2.49. The smallest absolute Gasteiger partial charge is 0.0572 e. The maximum Gasteiger partial charge on any atom is 0.0572 e. The molecule has 88 valence electrons. The normalized spacial score (nSPS) is 46.3. The molecular formula is C15H22O. The van der Waals surface area contributed by atoms with Gasteiger partial charge in [-0.25, -0.2) is 0 Å². The molecule has 3 aliphatic carbocycles. The largest absolute Gasteiger partial charge is 0.393 e. The molecule has 1 nitrogen and oxygen atoms in total. The average molecular weight is 218 g/mol. The van der Waals surface area contributed by atoms with E-state index < -0.39 is 0 Å². The standard InChI is InChI=1S/C15H22O/c1-9(10(2)16)6-11-7-12-8-15(11)14-5-3-4-13(12)14/h3,5-6,9-10,12-16H,4,7-8H2,1-2H3/t9-,10+,12?,13-,14-,15?/m1/s1. The highest BCUT2D eigenvalue weighted by atomic mass is 16.3. The van der Waals surface area contributed by atoms with E-state index in [1.165, 1.54) is 19.3 Å². The Hall–Kier alpha value is -0.560. The Labute approximate surface area is 98.2 Å². The lowest BCUT2D eigenvalue weighted by atomic mass is 9.78. The van der Waals surface area contributed by atoms with Crippen LogP contribution in [0, 0.1) is 29.6 Å². The molecule has 2 fully saturated rings. The second-order valence-corrected chi connectivity index (χ2v) is 6.05. The van der Waals surface area contributed by atoms with Crippen LogP contribution in [0.5, 0.6) is 0 Å². The lowest BCUT2D eigenvalue weighted by Crippen LogP contribution is -2.20. The van der Waals surface area contributed by atoms with Crippen LogP contribution in [0.1, 0.15) is 33.1 Å². The average Bonchev–Trinajstić information content (AvgIpc) is 2.87. The van der Waals surface area contributed by atoms with Gasteiger partial charge >= 0.3 is 0 Å². The molecule has 0 heterocycles. The van der Waals surface area contributed by atoms with Crippen molar-refractivity contribution in [1.82, 2.24) is 0 Å². The predicted octanol–water partition coefficient (Wildman–Crippen LogP) is 3.16. The summed E-state index contributed by atoms with van der Waals surface area (Å²) in [6.07, 6.45) is 11.0. The number of allylic oxidation sites excluding steroid dienone is 3. The molecule has 3 rings (SSSR count). The second-order valence-electron chi connectivity index (χ2n) is 6.05. The van der Waals surface area contributed by atoms with Gasteiger partial charge in [-0.05, 0) is 55.8 Å². The van der Waals surface area contributed by atoms with Crippen LogP contribution in [0.15, 0.2) is 23.8 Å². The summed E-state index contributed by atoms with van der Waals surface area (Å²) in [7, 11) is 0. The van der Waals surface area contributed by atoms with Crippen LogP contribution >= 0.6 is 0 Å². The topological polar surface area (TPSA) is 20.2 Å². The van der Waals surface area contributed by atoms with Gasteiger partial charge in [-0.15, -0.1) is 0 Å². The van der Waals surface area contributed by atoms with Crippen LogP contribution in [-0.2, 0) is 0 Å². The minimum atomic E-state index is -0.207. The number of fused-ring (bicyclic) bond motifs is 5. The Kier molecular flexibility index (Phi) is 2.47. The summed E-state index contributed by atoms with van der Waals surface area (Å²) in [6, 6.07) is 0. The third-order valence-corrected chi connectivity index (χ3v) is 5.10. The molecule has 2 unspecified atom stereocenters. The van der Waals surface area contributed by atoms with Crippen molar-refractivity contribution in [3.63, 3.8) is 0 Å². The zero-order valence-electron chi connectivity index (χ0n) is 10.3. The zero-order valence-corrected chi connectivity index (χ0v) is 10.3. The Balaban J connectivity index is 1.79. The SMILES string of the molecule is C[C@H](O)[C@H](C)C=C1CC2CC1[C@@H]1C=CC[C@H]21. The van der Waals surface area contributed by atoms with E-state index in [9.17, 15) is 5.11 Å². The molecule has 16 heavy (non-hydrogen) atoms. The highest BCUT2D eigenvalue weighted by Crippen LogP contribution is 2.58. The maximum absolute atomic E-state index is 9.58.